The topological polar surface area (TPSA) is 58.1 Å². The summed E-state index contributed by atoms with van der Waals surface area (Å²) in [4.78, 5) is 29.4. The Morgan fingerprint density at radius 2 is 1.91 bits per heavy atom. The Balaban J connectivity index is 1.52. The molecule has 1 amide bonds. The smallest absolute Gasteiger partial charge is 0.326 e. The summed E-state index contributed by atoms with van der Waals surface area (Å²) in [7, 11) is 0. The molecule has 0 bridgehead atoms. The van der Waals surface area contributed by atoms with Crippen molar-refractivity contribution in [2.24, 2.45) is 11.8 Å². The molecule has 5 nitrogen and oxygen atoms in total. The van der Waals surface area contributed by atoms with Crippen molar-refractivity contribution in [2.45, 2.75) is 32.2 Å². The molecule has 2 aliphatic rings. The van der Waals surface area contributed by atoms with Gasteiger partial charge in [0.05, 0.1) is 11.0 Å². The number of amides is 1. The van der Waals surface area contributed by atoms with Gasteiger partial charge < -0.3 is 9.88 Å². The summed E-state index contributed by atoms with van der Waals surface area (Å²) < 4.78 is 1.87. The highest BCUT2D eigenvalue weighted by Crippen LogP contribution is 2.40. The van der Waals surface area contributed by atoms with Crippen molar-refractivity contribution in [2.75, 3.05) is 13.1 Å². The van der Waals surface area contributed by atoms with Crippen LogP contribution >= 0.6 is 0 Å². The van der Waals surface area contributed by atoms with Crippen LogP contribution in [0.2, 0.25) is 0 Å². The molecule has 1 aliphatic heterocycles. The molecule has 0 spiro atoms. The SMILES string of the molecule is C[C@H]1C[C@H]1C(=O)N1CCC(n2c(=O)[nH]c3ccccc32)CC1. The van der Waals surface area contributed by atoms with E-state index in [4.69, 9.17) is 0 Å². The van der Waals surface area contributed by atoms with E-state index in [-0.39, 0.29) is 17.6 Å². The predicted molar refractivity (Wildman–Crippen MR) is 84.7 cm³/mol. The number of nitrogens with zero attached hydrogens (tertiary/aromatic N) is 2. The van der Waals surface area contributed by atoms with E-state index in [1.165, 1.54) is 0 Å². The summed E-state index contributed by atoms with van der Waals surface area (Å²) in [6.45, 7) is 3.66. The Morgan fingerprint density at radius 3 is 2.59 bits per heavy atom. The molecular weight excluding hydrogens is 278 g/mol. The average molecular weight is 299 g/mol. The molecular formula is C17H21N3O2. The van der Waals surface area contributed by atoms with E-state index in [1.807, 2.05) is 33.7 Å². The summed E-state index contributed by atoms with van der Waals surface area (Å²) in [6.07, 6.45) is 2.75. The van der Waals surface area contributed by atoms with E-state index < -0.39 is 0 Å². The summed E-state index contributed by atoms with van der Waals surface area (Å²) in [5, 5.41) is 0. The first-order chi connectivity index (χ1) is 10.6. The molecule has 1 saturated heterocycles. The molecule has 2 heterocycles. The Morgan fingerprint density at radius 1 is 1.23 bits per heavy atom. The first kappa shape index (κ1) is 13.6. The monoisotopic (exact) mass is 299 g/mol. The zero-order valence-electron chi connectivity index (χ0n) is 12.8. The van der Waals surface area contributed by atoms with E-state index in [0.717, 1.165) is 43.4 Å². The van der Waals surface area contributed by atoms with E-state index >= 15 is 0 Å². The van der Waals surface area contributed by atoms with Gasteiger partial charge in [0, 0.05) is 25.0 Å². The van der Waals surface area contributed by atoms with Gasteiger partial charge >= 0.3 is 5.69 Å². The fourth-order valence-electron chi connectivity index (χ4n) is 3.68. The maximum absolute atomic E-state index is 12.3. The first-order valence-corrected chi connectivity index (χ1v) is 8.13. The van der Waals surface area contributed by atoms with Crippen molar-refractivity contribution >= 4 is 16.9 Å². The number of nitrogens with one attached hydrogen (secondary N) is 1. The van der Waals surface area contributed by atoms with Crippen LogP contribution in [0.5, 0.6) is 0 Å². The predicted octanol–water partition coefficient (Wildman–Crippen LogP) is 2.15. The van der Waals surface area contributed by atoms with Crippen LogP contribution in [0.25, 0.3) is 11.0 Å². The van der Waals surface area contributed by atoms with Gasteiger partial charge in [-0.2, -0.15) is 0 Å². The van der Waals surface area contributed by atoms with Gasteiger partial charge in [0.1, 0.15) is 0 Å². The largest absolute Gasteiger partial charge is 0.342 e. The van der Waals surface area contributed by atoms with Crippen LogP contribution in [-0.2, 0) is 4.79 Å². The third-order valence-electron chi connectivity index (χ3n) is 5.19. The number of para-hydroxylation sites is 2. The average Bonchev–Trinajstić information content (AvgIpc) is 3.16. The van der Waals surface area contributed by atoms with Gasteiger partial charge in [-0.15, -0.1) is 0 Å². The van der Waals surface area contributed by atoms with E-state index in [2.05, 4.69) is 11.9 Å². The molecule has 2 atom stereocenters. The minimum atomic E-state index is -0.0400. The molecule has 1 N–H and O–H groups in total. The van der Waals surface area contributed by atoms with E-state index in [0.29, 0.717) is 11.8 Å². The Bertz CT molecular complexity index is 768. The third kappa shape index (κ3) is 2.16. The minimum Gasteiger partial charge on any atom is -0.342 e. The highest BCUT2D eigenvalue weighted by Gasteiger charge is 2.42. The Kier molecular flexibility index (Phi) is 3.10. The number of benzene rings is 1. The molecule has 1 saturated carbocycles. The number of imidazole rings is 1. The van der Waals surface area contributed by atoms with Crippen LogP contribution in [0.4, 0.5) is 0 Å². The first-order valence-electron chi connectivity index (χ1n) is 8.13. The van der Waals surface area contributed by atoms with Crippen LogP contribution in [0.15, 0.2) is 29.1 Å². The quantitative estimate of drug-likeness (QED) is 0.923. The highest BCUT2D eigenvalue weighted by atomic mass is 16.2. The van der Waals surface area contributed by atoms with Gasteiger partial charge in [0.2, 0.25) is 5.91 Å². The molecule has 5 heteroatoms. The zero-order chi connectivity index (χ0) is 15.3. The molecule has 2 aromatic rings. The molecule has 1 aliphatic carbocycles. The number of rotatable bonds is 2. The van der Waals surface area contributed by atoms with Crippen molar-refractivity contribution in [3.05, 3.63) is 34.7 Å². The van der Waals surface area contributed by atoms with E-state index in [9.17, 15) is 9.59 Å². The van der Waals surface area contributed by atoms with Gasteiger partial charge in [-0.25, -0.2) is 4.79 Å². The van der Waals surface area contributed by atoms with Gasteiger partial charge in [0.25, 0.3) is 0 Å². The lowest BCUT2D eigenvalue weighted by molar-refractivity contribution is -0.134. The number of piperidine rings is 1. The molecule has 1 aromatic heterocycles. The van der Waals surface area contributed by atoms with Gasteiger partial charge in [0.15, 0.2) is 0 Å². The Hall–Kier alpha value is -2.04. The number of hydrogen-bond donors (Lipinski definition) is 1. The van der Waals surface area contributed by atoms with Gasteiger partial charge in [-0.05, 0) is 37.3 Å². The lowest BCUT2D eigenvalue weighted by Gasteiger charge is -2.32. The van der Waals surface area contributed by atoms with E-state index in [1.54, 1.807) is 0 Å². The number of aromatic amines is 1. The van der Waals surface area contributed by atoms with Gasteiger partial charge in [-0.3, -0.25) is 9.36 Å². The summed E-state index contributed by atoms with van der Waals surface area (Å²) in [5.41, 5.74) is 1.81. The molecule has 22 heavy (non-hydrogen) atoms. The molecule has 0 radical (unpaired) electrons. The second kappa shape index (κ2) is 5.00. The number of carbonyl (C=O) groups is 1. The summed E-state index contributed by atoms with van der Waals surface area (Å²) in [5.74, 6) is 1.13. The summed E-state index contributed by atoms with van der Waals surface area (Å²) >= 11 is 0. The third-order valence-corrected chi connectivity index (χ3v) is 5.19. The Labute approximate surface area is 128 Å². The fourth-order valence-corrected chi connectivity index (χ4v) is 3.68. The lowest BCUT2D eigenvalue weighted by atomic mass is 10.0. The van der Waals surface area contributed by atoms with Crippen LogP contribution < -0.4 is 5.69 Å². The second-order valence-electron chi connectivity index (χ2n) is 6.69. The zero-order valence-corrected chi connectivity index (χ0v) is 12.8. The molecule has 0 unspecified atom stereocenters. The second-order valence-corrected chi connectivity index (χ2v) is 6.69. The molecule has 116 valence electrons. The molecule has 4 rings (SSSR count). The van der Waals surface area contributed by atoms with Crippen molar-refractivity contribution in [3.63, 3.8) is 0 Å². The number of hydrogen-bond acceptors (Lipinski definition) is 2. The maximum atomic E-state index is 12.3. The molecule has 1 aromatic carbocycles. The van der Waals surface area contributed by atoms with Gasteiger partial charge in [-0.1, -0.05) is 19.1 Å². The number of aromatic nitrogens is 2. The van der Waals surface area contributed by atoms with Crippen LogP contribution in [0.1, 0.15) is 32.2 Å². The number of fused-ring (bicyclic) bond motifs is 1. The maximum Gasteiger partial charge on any atom is 0.326 e. The minimum absolute atomic E-state index is 0.0400. The summed E-state index contributed by atoms with van der Waals surface area (Å²) in [6, 6.07) is 7.99. The van der Waals surface area contributed by atoms with Crippen LogP contribution in [0.3, 0.4) is 0 Å². The van der Waals surface area contributed by atoms with Crippen molar-refractivity contribution < 1.29 is 4.79 Å². The molecule has 2 fully saturated rings. The van der Waals surface area contributed by atoms with Crippen molar-refractivity contribution in [1.29, 1.82) is 0 Å². The number of carbonyl (C=O) groups excluding carboxylic acids is 1. The van der Waals surface area contributed by atoms with Crippen LogP contribution in [0, 0.1) is 11.8 Å². The van der Waals surface area contributed by atoms with Crippen molar-refractivity contribution in [1.82, 2.24) is 14.5 Å². The van der Waals surface area contributed by atoms with Crippen LogP contribution in [-0.4, -0.2) is 33.4 Å². The fraction of sp³-hybridized carbons (Fsp3) is 0.529. The highest BCUT2D eigenvalue weighted by molar-refractivity contribution is 5.81. The standard InChI is InChI=1S/C17H21N3O2/c1-11-10-13(11)16(21)19-8-6-12(7-9-19)20-15-5-3-2-4-14(15)18-17(20)22/h2-5,11-13H,6-10H2,1H3,(H,18,22)/t11-,13+/m0/s1. The normalized spacial score (nSPS) is 25.6. The van der Waals surface area contributed by atoms with Crippen molar-refractivity contribution in [3.8, 4) is 0 Å². The number of H-pyrrole nitrogens is 1. The lowest BCUT2D eigenvalue weighted by Crippen LogP contribution is -2.41. The number of likely N-dealkylation sites (tertiary alicyclic amines) is 1.